The monoisotopic (exact) mass is 1830 g/mol. The topological polar surface area (TPSA) is 440 Å². The van der Waals surface area contributed by atoms with Gasteiger partial charge in [0.2, 0.25) is 0 Å². The number of aromatic amines is 4. The van der Waals surface area contributed by atoms with Crippen LogP contribution in [0.25, 0.3) is 42.3 Å². The summed E-state index contributed by atoms with van der Waals surface area (Å²) in [6.07, 6.45) is 24.4. The molecule has 1 amide bonds. The van der Waals surface area contributed by atoms with Gasteiger partial charge in [0, 0.05) is 101 Å². The molecule has 0 spiro atoms. The van der Waals surface area contributed by atoms with Crippen molar-refractivity contribution < 1.29 is 48.7 Å². The van der Waals surface area contributed by atoms with Gasteiger partial charge in [-0.1, -0.05) is 109 Å². The van der Waals surface area contributed by atoms with Crippen molar-refractivity contribution in [3.05, 3.63) is 203 Å². The molecule has 8 aromatic rings. The van der Waals surface area contributed by atoms with Crippen LogP contribution in [0.5, 0.6) is 5.75 Å². The Hall–Kier alpha value is -13.8. The third kappa shape index (κ3) is 25.3. The second-order valence-electron chi connectivity index (χ2n) is 35.2. The van der Waals surface area contributed by atoms with Crippen LogP contribution in [0.4, 0.5) is 68.6 Å². The highest BCUT2D eigenvalue weighted by Crippen LogP contribution is 2.44. The number of aryl methyl sites for hydroxylation is 6. The van der Waals surface area contributed by atoms with Crippen molar-refractivity contribution in [3.63, 3.8) is 0 Å². The van der Waals surface area contributed by atoms with Crippen molar-refractivity contribution in [1.29, 1.82) is 0 Å². The molecular weight excluding hydrogens is 1710 g/mol. The summed E-state index contributed by atoms with van der Waals surface area (Å²) < 4.78 is 18.7. The van der Waals surface area contributed by atoms with Gasteiger partial charge in [0.25, 0.3) is 28.1 Å². The number of nitrogens with one attached hydrogen (secondary N) is 5. The maximum Gasteiger partial charge on any atom is 0.349 e. The number of allylic oxidation sites excluding steroid dienone is 1. The maximum absolute atomic E-state index is 12.6. The van der Waals surface area contributed by atoms with Crippen LogP contribution in [0.2, 0.25) is 0 Å². The van der Waals surface area contributed by atoms with Gasteiger partial charge in [-0.25, -0.2) is 39.7 Å². The number of amides is 1. The molecular formula is C100H123N19O15. The van der Waals surface area contributed by atoms with E-state index < -0.39 is 23.2 Å². The molecule has 0 radical (unpaired) electrons. The number of H-pyrrole nitrogens is 4. The number of ether oxygens (including phenoxy) is 3. The second kappa shape index (κ2) is 46.0. The summed E-state index contributed by atoms with van der Waals surface area (Å²) in [6.45, 7) is 29.6. The standard InChI is InChI=1S/C26H33N5O5.C25H33N5O3.C25H27N5O3.C24H30N4O4/c1-17-14-20-21(15-18(17)2)31(25-24(29-20)26(34)28-19(3)27-25)9-7-5-4-6-8-23(33)36-16-22(32)30-10-12-35-13-11-30;1-16-14-19-21(15-20(16)29(3)18-11-7-8-12-18)30(13-9-5-4-6-10-17(2)31)23-22(26-19)24(32)28-25(33)27-23;1-16-14-20-21(15-19(16)28-18-10-6-5-7-11-18)30(13-9-4-3-8-12-22(31)32)24-23(29-20)25(33)27-17(2)26-24;1-15-13-18-19(14-20(15)32-17-9-6-7-10-17)28(12-8-4-3-5-11-21(29)30)23-22(27-18)24(31)26-16(2)25-23/h14-15H,3-13,16H2,1-2H3,(H,28,34);14-15,18,31H,2,4-13H2,1,3H3,(H,28,32,33);5-7,10-11,14-15,28H,2-4,8-9,12-13H2,1H3,(H,27,33)(H,31,32);13-14,17H,2-12H2,1H3,(H,26,31)(H,29,30). The number of aliphatic hydroxyl groups excluding tert-OH is 1. The first kappa shape index (κ1) is 97.7. The van der Waals surface area contributed by atoms with Crippen LogP contribution in [0.1, 0.15) is 208 Å². The summed E-state index contributed by atoms with van der Waals surface area (Å²) in [5, 5.41) is 31.2. The lowest BCUT2D eigenvalue weighted by Crippen LogP contribution is -2.42. The van der Waals surface area contributed by atoms with Gasteiger partial charge in [0.15, 0.2) is 51.7 Å². The van der Waals surface area contributed by atoms with Crippen molar-refractivity contribution >= 4 is 123 Å². The predicted octanol–water partition coefficient (Wildman–Crippen LogP) is 12.8. The normalized spacial score (nSPS) is 14.0. The van der Waals surface area contributed by atoms with Gasteiger partial charge in [-0.05, 0) is 207 Å². The van der Waals surface area contributed by atoms with Crippen molar-refractivity contribution in [1.82, 2.24) is 54.3 Å². The van der Waals surface area contributed by atoms with Crippen LogP contribution >= 0.6 is 0 Å². The van der Waals surface area contributed by atoms with Gasteiger partial charge < -0.3 is 78.9 Å². The van der Waals surface area contributed by atoms with E-state index in [9.17, 15) is 48.3 Å². The third-order valence-corrected chi connectivity index (χ3v) is 25.0. The van der Waals surface area contributed by atoms with Gasteiger partial charge in [0.05, 0.1) is 70.2 Å². The first-order valence-electron chi connectivity index (χ1n) is 46.8. The average molecular weight is 1830 g/mol. The van der Waals surface area contributed by atoms with Gasteiger partial charge in [-0.15, -0.1) is 0 Å². The summed E-state index contributed by atoms with van der Waals surface area (Å²) in [7, 11) is 2.15. The number of carbonyl (C=O) groups excluding carboxylic acids is 2. The minimum absolute atomic E-state index is 0.177. The van der Waals surface area contributed by atoms with Crippen LogP contribution < -0.4 is 90.1 Å². The highest BCUT2D eigenvalue weighted by molar-refractivity contribution is 5.86. The van der Waals surface area contributed by atoms with Gasteiger partial charge in [-0.2, -0.15) is 4.98 Å². The molecule has 8 aliphatic rings. The molecule has 0 atom stereocenters. The molecule has 34 nitrogen and oxygen atoms in total. The SMILES string of the molecule is C=C(O)CCCCCCn1c2nc(=O)[nH]c(=O)c-2nc2cc(C)c(N(C)C3CCCC3)cc21.C=c1nc2c(c(=O)[nH]1)=Nc1cc(C)c(C)cc1N2CCCCCCC(=O)OCC(=O)N1CCOCC1.C=c1nc2c(c(=O)[nH]1)=Nc1cc(C)c(Nc3ccccc3)cc1N2CCCCCCC(=O)O.C=c1nc2c(c(=O)[nH]1)=Nc1cc(C)c(OC3CCCC3)cc1N2CCCCCCC(=O)O. The van der Waals surface area contributed by atoms with Crippen molar-refractivity contribution in [2.45, 2.75) is 233 Å². The largest absolute Gasteiger partial charge is 0.513 e. The van der Waals surface area contributed by atoms with Crippen LogP contribution in [0.3, 0.4) is 0 Å². The van der Waals surface area contributed by atoms with E-state index in [-0.39, 0.29) is 77.3 Å². The number of para-hydroxylation sites is 1. The number of aliphatic carboxylic acids is 2. The molecule has 708 valence electrons. The molecule has 134 heavy (non-hydrogen) atoms. The number of rotatable bonds is 36. The van der Waals surface area contributed by atoms with E-state index in [1.54, 1.807) is 4.90 Å². The highest BCUT2D eigenvalue weighted by atomic mass is 16.5. The highest BCUT2D eigenvalue weighted by Gasteiger charge is 2.31. The molecule has 2 saturated carbocycles. The number of carbonyl (C=O) groups is 4. The molecule has 0 unspecified atom stereocenters. The fraction of sp³-hybridized carbons (Fsp3) is 0.450. The molecule has 3 aromatic heterocycles. The van der Waals surface area contributed by atoms with E-state index in [0.29, 0.717) is 140 Å². The number of anilines is 9. The molecule has 16 rings (SSSR count). The van der Waals surface area contributed by atoms with Gasteiger partial charge in [-0.3, -0.25) is 43.3 Å². The summed E-state index contributed by atoms with van der Waals surface area (Å²) in [4.78, 5) is 164. The predicted molar refractivity (Wildman–Crippen MR) is 519 cm³/mol. The van der Waals surface area contributed by atoms with Crippen molar-refractivity contribution in [3.8, 4) is 17.3 Å². The number of aromatic nitrogens is 10. The smallest absolute Gasteiger partial charge is 0.349 e. The van der Waals surface area contributed by atoms with E-state index >= 15 is 0 Å². The van der Waals surface area contributed by atoms with Crippen LogP contribution in [0, 0.1) is 34.6 Å². The van der Waals surface area contributed by atoms with Crippen LogP contribution in [-0.4, -0.2) is 165 Å². The Bertz CT molecular complexity index is 6620. The third-order valence-electron chi connectivity index (χ3n) is 25.0. The van der Waals surface area contributed by atoms with Crippen LogP contribution in [0.15, 0.2) is 130 Å². The van der Waals surface area contributed by atoms with E-state index in [1.165, 1.54) is 38.5 Å². The summed E-state index contributed by atoms with van der Waals surface area (Å²) in [6, 6.07) is 26.7. The first-order valence-corrected chi connectivity index (χ1v) is 46.8. The number of carboxylic acid groups (broad SMARTS) is 2. The van der Waals surface area contributed by atoms with E-state index in [4.69, 9.17) is 24.4 Å². The molecule has 3 fully saturated rings. The zero-order valence-electron chi connectivity index (χ0n) is 77.7. The van der Waals surface area contributed by atoms with Crippen LogP contribution in [-0.2, 0) is 35.2 Å². The molecule has 0 bridgehead atoms. The summed E-state index contributed by atoms with van der Waals surface area (Å²) in [5.41, 5.74) is 13.9. The van der Waals surface area contributed by atoms with Crippen molar-refractivity contribution in [2.75, 3.05) is 84.5 Å². The number of esters is 1. The lowest BCUT2D eigenvalue weighted by atomic mass is 10.1. The Balaban J connectivity index is 0.000000152. The zero-order chi connectivity index (χ0) is 95.2. The molecule has 8 N–H and O–H groups in total. The quantitative estimate of drug-likeness (QED) is 0.00782. The number of aliphatic hydroxyl groups is 1. The molecule has 9 heterocycles. The minimum atomic E-state index is -0.768. The number of hydrogen-bond donors (Lipinski definition) is 8. The Kier molecular flexibility index (Phi) is 33.6. The first-order chi connectivity index (χ1) is 64.5. The Morgan fingerprint density at radius 1 is 0.507 bits per heavy atom. The molecule has 34 heteroatoms. The lowest BCUT2D eigenvalue weighted by molar-refractivity contribution is -0.153. The van der Waals surface area contributed by atoms with E-state index in [1.807, 2.05) is 107 Å². The average Bonchev–Trinajstić information content (AvgIpc) is 0.976. The lowest BCUT2D eigenvalue weighted by Gasteiger charge is -2.29. The Labute approximate surface area is 775 Å². The Morgan fingerprint density at radius 3 is 1.51 bits per heavy atom. The number of unbranched alkanes of at least 4 members (excludes halogenated alkanes) is 12. The fourth-order valence-corrected chi connectivity index (χ4v) is 17.7. The number of fused-ring (bicyclic) bond motifs is 8. The Morgan fingerprint density at radius 2 is 0.978 bits per heavy atom. The summed E-state index contributed by atoms with van der Waals surface area (Å²) >= 11 is 0. The molecule has 6 aliphatic heterocycles. The fourth-order valence-electron chi connectivity index (χ4n) is 17.7. The van der Waals surface area contributed by atoms with Gasteiger partial charge >= 0.3 is 23.6 Å². The van der Waals surface area contributed by atoms with Crippen molar-refractivity contribution in [2.24, 2.45) is 15.0 Å². The number of nitrogens with zero attached hydrogens (tertiary/aromatic N) is 14. The van der Waals surface area contributed by atoms with Gasteiger partial charge in [0.1, 0.15) is 22.2 Å². The second-order valence-corrected chi connectivity index (χ2v) is 35.2. The van der Waals surface area contributed by atoms with E-state index in [2.05, 4.69) is 129 Å². The summed E-state index contributed by atoms with van der Waals surface area (Å²) in [5.74, 6) is 0.864. The molecule has 1 saturated heterocycles. The number of morpholine rings is 1. The maximum atomic E-state index is 12.6. The number of carboxylic acids is 2. The minimum Gasteiger partial charge on any atom is -0.513 e. The molecule has 5 aromatic carbocycles. The zero-order valence-corrected chi connectivity index (χ0v) is 77.7. The number of benzene rings is 5. The molecule has 2 aliphatic carbocycles. The number of hydrogen-bond acceptors (Lipinski definition) is 26. The van der Waals surface area contributed by atoms with E-state index in [0.717, 1.165) is 186 Å².